The molecule has 3 saturated heterocycles. The van der Waals surface area contributed by atoms with E-state index in [4.69, 9.17) is 11.6 Å². The molecule has 324 valence electrons. The summed E-state index contributed by atoms with van der Waals surface area (Å²) in [5, 5.41) is 10.2. The predicted molar refractivity (Wildman–Crippen MR) is 215 cm³/mol. The number of aromatic nitrogens is 3. The van der Waals surface area contributed by atoms with Crippen LogP contribution in [0.5, 0.6) is 5.75 Å². The summed E-state index contributed by atoms with van der Waals surface area (Å²) in [6.07, 6.45) is 5.11. The van der Waals surface area contributed by atoms with Gasteiger partial charge in [-0.15, -0.1) is 0 Å². The third-order valence-corrected chi connectivity index (χ3v) is 12.9. The minimum atomic E-state index is -4.77. The van der Waals surface area contributed by atoms with Crippen LogP contribution in [0.3, 0.4) is 0 Å². The largest absolute Gasteiger partial charge is 0.433 e. The molecule has 2 aromatic heterocycles. The van der Waals surface area contributed by atoms with Crippen LogP contribution in [-0.2, 0) is 11.0 Å². The number of nitrogens with zero attached hydrogens (tertiary/aromatic N) is 6. The average Bonchev–Trinajstić information content (AvgIpc) is 3.65. The minimum absolute atomic E-state index is 0.0485. The third-order valence-electron chi connectivity index (χ3n) is 12.6. The number of likely N-dealkylation sites (tertiary alicyclic amines) is 2. The highest BCUT2D eigenvalue weighted by atomic mass is 35.5. The van der Waals surface area contributed by atoms with Gasteiger partial charge in [-0.25, -0.2) is 9.78 Å². The van der Waals surface area contributed by atoms with Crippen LogP contribution in [0.25, 0.3) is 10.9 Å². The van der Waals surface area contributed by atoms with E-state index >= 15 is 0 Å². The molecule has 1 spiro atoms. The number of hydrogen-bond acceptors (Lipinski definition) is 8. The number of piperidine rings is 2. The monoisotopic (exact) mass is 870 g/mol. The third kappa shape index (κ3) is 9.44. The van der Waals surface area contributed by atoms with E-state index in [1.807, 2.05) is 4.90 Å². The molecule has 3 aliphatic heterocycles. The molecular weight excluding hydrogens is 827 g/mol. The summed E-state index contributed by atoms with van der Waals surface area (Å²) in [5.74, 6) is -1.28. The number of amides is 5. The van der Waals surface area contributed by atoms with Crippen molar-refractivity contribution < 1.29 is 45.9 Å². The molecule has 1 aliphatic carbocycles. The van der Waals surface area contributed by atoms with Gasteiger partial charge in [0.2, 0.25) is 5.91 Å². The lowest BCUT2D eigenvalue weighted by molar-refractivity contribution is -0.141. The first-order valence-electron chi connectivity index (χ1n) is 20.4. The van der Waals surface area contributed by atoms with E-state index in [-0.39, 0.29) is 47.7 Å². The van der Waals surface area contributed by atoms with Gasteiger partial charge in [0.1, 0.15) is 11.4 Å². The zero-order valence-corrected chi connectivity index (χ0v) is 33.8. The number of alkyl halides is 5. The highest BCUT2D eigenvalue weighted by molar-refractivity contribution is 6.34. The van der Waals surface area contributed by atoms with Gasteiger partial charge in [0.15, 0.2) is 5.75 Å². The number of ether oxygens (including phenoxy) is 1. The van der Waals surface area contributed by atoms with E-state index in [1.165, 1.54) is 17.0 Å². The Morgan fingerprint density at radius 2 is 1.69 bits per heavy atom. The number of urea groups is 1. The molecule has 13 nitrogen and oxygen atoms in total. The van der Waals surface area contributed by atoms with Gasteiger partial charge in [0.05, 0.1) is 28.0 Å². The van der Waals surface area contributed by atoms with Crippen molar-refractivity contribution in [3.05, 3.63) is 76.7 Å². The molecule has 61 heavy (non-hydrogen) atoms. The van der Waals surface area contributed by atoms with E-state index in [2.05, 4.69) is 30.4 Å². The molecule has 19 heteroatoms. The van der Waals surface area contributed by atoms with Crippen molar-refractivity contribution in [2.75, 3.05) is 49.5 Å². The fraction of sp³-hybridized carbons (Fsp3) is 0.476. The molecule has 4 fully saturated rings. The topological polar surface area (TPSA) is 142 Å². The molecule has 0 atom stereocenters. The summed E-state index contributed by atoms with van der Waals surface area (Å²) < 4.78 is 72.8. The second-order valence-electron chi connectivity index (χ2n) is 16.4. The zero-order valence-electron chi connectivity index (χ0n) is 33.0. The molecule has 4 aliphatic rings. The summed E-state index contributed by atoms with van der Waals surface area (Å²) >= 11 is 6.40. The Kier molecular flexibility index (Phi) is 11.9. The summed E-state index contributed by atoms with van der Waals surface area (Å²) in [6, 6.07) is 9.96. The highest BCUT2D eigenvalue weighted by Gasteiger charge is 2.40. The average molecular weight is 871 g/mol. The van der Waals surface area contributed by atoms with Gasteiger partial charge in [-0.3, -0.25) is 29.3 Å². The van der Waals surface area contributed by atoms with Gasteiger partial charge in [-0.2, -0.15) is 27.1 Å². The predicted octanol–water partition coefficient (Wildman–Crippen LogP) is 8.15. The highest BCUT2D eigenvalue weighted by Crippen LogP contribution is 2.47. The molecule has 4 aromatic rings. The van der Waals surface area contributed by atoms with Crippen molar-refractivity contribution in [2.45, 2.75) is 76.6 Å². The number of pyridine rings is 1. The number of fused-ring (bicyclic) bond motifs is 1. The van der Waals surface area contributed by atoms with Gasteiger partial charge in [-0.1, -0.05) is 17.7 Å². The van der Waals surface area contributed by atoms with Crippen LogP contribution in [-0.4, -0.2) is 94.2 Å². The van der Waals surface area contributed by atoms with E-state index in [1.54, 1.807) is 29.1 Å². The van der Waals surface area contributed by atoms with Crippen LogP contribution in [0, 0.1) is 11.3 Å². The van der Waals surface area contributed by atoms with Gasteiger partial charge in [0, 0.05) is 68.9 Å². The number of carbonyl (C=O) groups is 4. The van der Waals surface area contributed by atoms with Crippen molar-refractivity contribution in [1.82, 2.24) is 29.9 Å². The summed E-state index contributed by atoms with van der Waals surface area (Å²) in [7, 11) is 0. The number of halogens is 6. The fourth-order valence-electron chi connectivity index (χ4n) is 9.17. The lowest BCUT2D eigenvalue weighted by atomic mass is 9.65. The Balaban J connectivity index is 0.822. The number of imide groups is 1. The molecule has 5 amide bonds. The smallest absolute Gasteiger partial charge is 0.433 e. The molecule has 0 bridgehead atoms. The quantitative estimate of drug-likeness (QED) is 0.161. The number of anilines is 2. The van der Waals surface area contributed by atoms with Crippen molar-refractivity contribution in [3.8, 4) is 5.75 Å². The van der Waals surface area contributed by atoms with Crippen molar-refractivity contribution in [3.63, 3.8) is 0 Å². The van der Waals surface area contributed by atoms with Crippen molar-refractivity contribution in [1.29, 1.82) is 0 Å². The summed E-state index contributed by atoms with van der Waals surface area (Å²) in [5.41, 5.74) is -0.522. The molecule has 0 radical (unpaired) electrons. The first-order valence-corrected chi connectivity index (χ1v) is 20.8. The van der Waals surface area contributed by atoms with E-state index in [0.29, 0.717) is 46.2 Å². The minimum Gasteiger partial charge on any atom is -0.433 e. The molecule has 5 heterocycles. The van der Waals surface area contributed by atoms with Crippen molar-refractivity contribution >= 4 is 57.6 Å². The number of rotatable bonds is 9. The van der Waals surface area contributed by atoms with Crippen LogP contribution in [0.15, 0.2) is 54.7 Å². The van der Waals surface area contributed by atoms with Gasteiger partial charge in [-0.05, 0) is 99.1 Å². The van der Waals surface area contributed by atoms with E-state index < -0.39 is 36.1 Å². The molecule has 2 aromatic carbocycles. The summed E-state index contributed by atoms with van der Waals surface area (Å²) in [6.45, 7) is 0.987. The van der Waals surface area contributed by atoms with Crippen LogP contribution in [0.4, 0.5) is 38.1 Å². The maximum atomic E-state index is 13.6. The first kappa shape index (κ1) is 42.3. The zero-order chi connectivity index (χ0) is 43.1. The van der Waals surface area contributed by atoms with Crippen LogP contribution in [0.2, 0.25) is 5.02 Å². The molecule has 2 N–H and O–H groups in total. The fourth-order valence-corrected chi connectivity index (χ4v) is 9.39. The lowest BCUT2D eigenvalue weighted by Gasteiger charge is -2.47. The normalized spacial score (nSPS) is 19.5. The van der Waals surface area contributed by atoms with E-state index in [0.717, 1.165) is 89.2 Å². The molecular formula is C42H44ClF5N8O5. The number of carbonyl (C=O) groups excluding carboxylic acids is 4. The summed E-state index contributed by atoms with van der Waals surface area (Å²) in [4.78, 5) is 59.7. The maximum absolute atomic E-state index is 13.6. The lowest BCUT2D eigenvalue weighted by Crippen LogP contribution is -2.49. The molecule has 0 unspecified atom stereocenters. The number of benzene rings is 2. The van der Waals surface area contributed by atoms with Gasteiger partial charge < -0.3 is 19.9 Å². The Morgan fingerprint density at radius 1 is 0.951 bits per heavy atom. The molecule has 8 rings (SSSR count). The Labute approximate surface area is 352 Å². The number of nitrogens with one attached hydrogen (secondary N) is 2. The Hall–Kier alpha value is -5.36. The molecule has 1 saturated carbocycles. The second kappa shape index (κ2) is 17.2. The SMILES string of the molecule is O=C1CCN(c2cc(C(=O)N3CCC4(CCC(CN5CCC(n6cc7cc(NC(=O)c8cccc(C(F)(F)F)n8)c(OC(F)F)cc7n6)CC5)CC4)CC3)ccc2Cl)C(=O)N1. The van der Waals surface area contributed by atoms with Crippen LogP contribution < -0.4 is 20.3 Å². The van der Waals surface area contributed by atoms with Crippen molar-refractivity contribution in [2.24, 2.45) is 11.3 Å². The van der Waals surface area contributed by atoms with Gasteiger partial charge >= 0.3 is 18.8 Å². The standard InChI is InChI=1S/C42H44ClF5N8O5/c43-29-5-4-26(21-33(29)55-17-10-36(57)51-40(55)60)38(59)54-18-13-41(14-19-54)11-6-25(7-12-41)23-53-15-8-28(9-16-53)56-24-27-20-32(34(61-39(44)45)22-31(27)52-56)50-37(58)30-2-1-3-35(49-30)42(46,47)48/h1-5,20-22,24-25,28,39H,6-19,23H2,(H,50,58)(H,51,57,60). The Bertz CT molecular complexity index is 2320. The second-order valence-corrected chi connectivity index (χ2v) is 16.9. The van der Waals surface area contributed by atoms with Crippen LogP contribution in [0.1, 0.15) is 90.4 Å². The van der Waals surface area contributed by atoms with Crippen LogP contribution >= 0.6 is 11.6 Å². The maximum Gasteiger partial charge on any atom is 0.433 e. The first-order chi connectivity index (χ1) is 29.1. The van der Waals surface area contributed by atoms with Gasteiger partial charge in [0.25, 0.3) is 11.8 Å². The van der Waals surface area contributed by atoms with E-state index in [9.17, 15) is 41.1 Å². The Morgan fingerprint density at radius 3 is 2.38 bits per heavy atom. The number of hydrogen-bond donors (Lipinski definition) is 2.